The first-order chi connectivity index (χ1) is 13.2. The van der Waals surface area contributed by atoms with Crippen molar-refractivity contribution >= 4 is 17.7 Å². The van der Waals surface area contributed by atoms with Gasteiger partial charge in [-0.05, 0) is 59.9 Å². The molecule has 1 heterocycles. The predicted octanol–water partition coefficient (Wildman–Crippen LogP) is 3.26. The number of aryl methyl sites for hydroxylation is 2. The number of rotatable bonds is 5. The molecule has 1 aromatic heterocycles. The largest absolute Gasteiger partial charge is 0.349 e. The maximum Gasteiger partial charge on any atom is 0.230 e. The van der Waals surface area contributed by atoms with Gasteiger partial charge in [-0.3, -0.25) is 4.79 Å². The van der Waals surface area contributed by atoms with Crippen LogP contribution in [0, 0.1) is 6.92 Å². The molecule has 2 aromatic carbocycles. The SMILES string of the molecule is Cc1ccc(-n2nnnc2SCC(=O)N[C@H]2CCCc3ccccc32)cc1. The lowest BCUT2D eigenvalue weighted by molar-refractivity contribution is -0.119. The van der Waals surface area contributed by atoms with E-state index in [1.54, 1.807) is 4.68 Å². The van der Waals surface area contributed by atoms with Gasteiger partial charge in [0.25, 0.3) is 0 Å². The van der Waals surface area contributed by atoms with Gasteiger partial charge in [-0.15, -0.1) is 5.10 Å². The third-order valence-corrected chi connectivity index (χ3v) is 5.68. The molecule has 0 fully saturated rings. The first-order valence-corrected chi connectivity index (χ1v) is 10.0. The van der Waals surface area contributed by atoms with E-state index in [-0.39, 0.29) is 17.7 Å². The van der Waals surface area contributed by atoms with Gasteiger partial charge in [0, 0.05) is 0 Å². The fraction of sp³-hybridized carbons (Fsp3) is 0.300. The molecule has 0 unspecified atom stereocenters. The molecule has 3 aromatic rings. The lowest BCUT2D eigenvalue weighted by Gasteiger charge is -2.26. The fourth-order valence-electron chi connectivity index (χ4n) is 3.39. The second-order valence-corrected chi connectivity index (χ2v) is 7.65. The minimum absolute atomic E-state index is 0.000147. The smallest absolute Gasteiger partial charge is 0.230 e. The molecule has 1 aliphatic carbocycles. The van der Waals surface area contributed by atoms with E-state index in [0.29, 0.717) is 5.16 Å². The summed E-state index contributed by atoms with van der Waals surface area (Å²) in [5.74, 6) is 0.283. The van der Waals surface area contributed by atoms with Crippen molar-refractivity contribution in [2.75, 3.05) is 5.75 Å². The minimum atomic E-state index is 0.000147. The molecule has 1 N–H and O–H groups in total. The van der Waals surface area contributed by atoms with Crippen molar-refractivity contribution in [1.82, 2.24) is 25.5 Å². The molecule has 1 amide bonds. The van der Waals surface area contributed by atoms with Crippen LogP contribution in [0.4, 0.5) is 0 Å². The van der Waals surface area contributed by atoms with Crippen LogP contribution in [0.1, 0.15) is 35.6 Å². The van der Waals surface area contributed by atoms with Crippen LogP contribution < -0.4 is 5.32 Å². The molecular weight excluding hydrogens is 358 g/mol. The Kier molecular flexibility index (Phi) is 5.20. The van der Waals surface area contributed by atoms with Gasteiger partial charge < -0.3 is 5.32 Å². The quantitative estimate of drug-likeness (QED) is 0.689. The summed E-state index contributed by atoms with van der Waals surface area (Å²) in [5, 5.41) is 15.6. The van der Waals surface area contributed by atoms with Crippen molar-refractivity contribution in [3.05, 3.63) is 65.2 Å². The molecule has 0 spiro atoms. The number of nitrogens with one attached hydrogen (secondary N) is 1. The number of hydrogen-bond acceptors (Lipinski definition) is 5. The van der Waals surface area contributed by atoms with Crippen LogP contribution in [-0.4, -0.2) is 31.9 Å². The normalized spacial score (nSPS) is 16.0. The number of amides is 1. The van der Waals surface area contributed by atoms with Crippen LogP contribution >= 0.6 is 11.8 Å². The highest BCUT2D eigenvalue weighted by molar-refractivity contribution is 7.99. The minimum Gasteiger partial charge on any atom is -0.349 e. The Morgan fingerprint density at radius 2 is 2.04 bits per heavy atom. The summed E-state index contributed by atoms with van der Waals surface area (Å²) in [6.45, 7) is 2.03. The zero-order valence-electron chi connectivity index (χ0n) is 15.1. The number of carbonyl (C=O) groups excluding carboxylic acids is 1. The van der Waals surface area contributed by atoms with E-state index in [4.69, 9.17) is 0 Å². The van der Waals surface area contributed by atoms with Crippen molar-refractivity contribution in [2.45, 2.75) is 37.4 Å². The highest BCUT2D eigenvalue weighted by Crippen LogP contribution is 2.29. The van der Waals surface area contributed by atoms with Crippen LogP contribution in [0.15, 0.2) is 53.7 Å². The van der Waals surface area contributed by atoms with E-state index in [0.717, 1.165) is 24.9 Å². The van der Waals surface area contributed by atoms with E-state index in [1.807, 2.05) is 37.3 Å². The van der Waals surface area contributed by atoms with Crippen LogP contribution in [0.2, 0.25) is 0 Å². The van der Waals surface area contributed by atoms with Gasteiger partial charge in [-0.25, -0.2) is 0 Å². The molecule has 0 saturated heterocycles. The first-order valence-electron chi connectivity index (χ1n) is 9.06. The Hall–Kier alpha value is -2.67. The molecule has 4 rings (SSSR count). The van der Waals surface area contributed by atoms with E-state index in [1.165, 1.54) is 28.5 Å². The number of aromatic nitrogens is 4. The third-order valence-electron chi connectivity index (χ3n) is 4.76. The van der Waals surface area contributed by atoms with Gasteiger partial charge in [0.15, 0.2) is 0 Å². The van der Waals surface area contributed by atoms with Gasteiger partial charge in [-0.2, -0.15) is 4.68 Å². The Bertz CT molecular complexity index is 938. The fourth-order valence-corrected chi connectivity index (χ4v) is 4.09. The average molecular weight is 379 g/mol. The van der Waals surface area contributed by atoms with Crippen LogP contribution in [0.3, 0.4) is 0 Å². The van der Waals surface area contributed by atoms with E-state index in [2.05, 4.69) is 39.0 Å². The van der Waals surface area contributed by atoms with E-state index in [9.17, 15) is 4.79 Å². The van der Waals surface area contributed by atoms with Gasteiger partial charge in [-0.1, -0.05) is 53.7 Å². The number of benzene rings is 2. The summed E-state index contributed by atoms with van der Waals surface area (Å²) in [5.41, 5.74) is 4.64. The highest BCUT2D eigenvalue weighted by Gasteiger charge is 2.21. The summed E-state index contributed by atoms with van der Waals surface area (Å²) in [6.07, 6.45) is 3.16. The molecule has 0 radical (unpaired) electrons. The standard InChI is InChI=1S/C20H21N5OS/c1-14-9-11-16(12-10-14)25-20(22-23-24-25)27-13-19(26)21-18-8-4-6-15-5-2-3-7-17(15)18/h2-3,5,7,9-12,18H,4,6,8,13H2,1H3,(H,21,26)/t18-/m0/s1. The first kappa shape index (κ1) is 17.7. The van der Waals surface area contributed by atoms with Gasteiger partial charge in [0.05, 0.1) is 17.5 Å². The van der Waals surface area contributed by atoms with Crippen molar-refractivity contribution in [3.8, 4) is 5.69 Å². The van der Waals surface area contributed by atoms with E-state index < -0.39 is 0 Å². The zero-order chi connectivity index (χ0) is 18.6. The van der Waals surface area contributed by atoms with Gasteiger partial charge in [0.2, 0.25) is 11.1 Å². The second-order valence-electron chi connectivity index (χ2n) is 6.71. The molecule has 27 heavy (non-hydrogen) atoms. The van der Waals surface area contributed by atoms with Crippen LogP contribution in [-0.2, 0) is 11.2 Å². The number of hydrogen-bond donors (Lipinski definition) is 1. The van der Waals surface area contributed by atoms with Crippen molar-refractivity contribution in [2.24, 2.45) is 0 Å². The van der Waals surface area contributed by atoms with E-state index >= 15 is 0 Å². The molecule has 0 saturated carbocycles. The summed E-state index contributed by atoms with van der Waals surface area (Å²) in [7, 11) is 0. The van der Waals surface area contributed by atoms with Crippen molar-refractivity contribution in [1.29, 1.82) is 0 Å². The maximum atomic E-state index is 12.5. The highest BCUT2D eigenvalue weighted by atomic mass is 32.2. The maximum absolute atomic E-state index is 12.5. The second kappa shape index (κ2) is 7.92. The lowest BCUT2D eigenvalue weighted by Crippen LogP contribution is -2.32. The number of thioether (sulfide) groups is 1. The molecular formula is C20H21N5OS. The van der Waals surface area contributed by atoms with Gasteiger partial charge >= 0.3 is 0 Å². The Morgan fingerprint density at radius 1 is 1.22 bits per heavy atom. The molecule has 138 valence electrons. The molecule has 6 nitrogen and oxygen atoms in total. The molecule has 1 aliphatic rings. The summed E-state index contributed by atoms with van der Waals surface area (Å²) < 4.78 is 1.66. The molecule has 7 heteroatoms. The summed E-state index contributed by atoms with van der Waals surface area (Å²) in [4.78, 5) is 12.5. The number of nitrogens with zero attached hydrogens (tertiary/aromatic N) is 4. The molecule has 1 atom stereocenters. The number of carbonyl (C=O) groups is 1. The third kappa shape index (κ3) is 4.03. The van der Waals surface area contributed by atoms with Gasteiger partial charge in [0.1, 0.15) is 0 Å². The number of tetrazole rings is 1. The Labute approximate surface area is 162 Å². The zero-order valence-corrected chi connectivity index (χ0v) is 15.9. The van der Waals surface area contributed by atoms with Crippen molar-refractivity contribution in [3.63, 3.8) is 0 Å². The van der Waals surface area contributed by atoms with Crippen LogP contribution in [0.5, 0.6) is 0 Å². The summed E-state index contributed by atoms with van der Waals surface area (Å²) in [6, 6.07) is 16.4. The number of fused-ring (bicyclic) bond motifs is 1. The Morgan fingerprint density at radius 3 is 2.89 bits per heavy atom. The topological polar surface area (TPSA) is 72.7 Å². The van der Waals surface area contributed by atoms with Crippen molar-refractivity contribution < 1.29 is 4.79 Å². The lowest BCUT2D eigenvalue weighted by atomic mass is 9.88. The monoisotopic (exact) mass is 379 g/mol. The predicted molar refractivity (Wildman–Crippen MR) is 105 cm³/mol. The summed E-state index contributed by atoms with van der Waals surface area (Å²) >= 11 is 1.35. The molecule has 0 bridgehead atoms. The Balaban J connectivity index is 1.40. The molecule has 0 aliphatic heterocycles. The van der Waals surface area contributed by atoms with Crippen LogP contribution in [0.25, 0.3) is 5.69 Å². The average Bonchev–Trinajstić information content (AvgIpc) is 3.16.